The zero-order valence-electron chi connectivity index (χ0n) is 11.6. The van der Waals surface area contributed by atoms with E-state index in [1.807, 2.05) is 36.5 Å². The van der Waals surface area contributed by atoms with Crippen LogP contribution in [-0.2, 0) is 16.1 Å². The number of hydrogen-bond acceptors (Lipinski definition) is 4. The molecule has 1 aromatic carbocycles. The lowest BCUT2D eigenvalue weighted by molar-refractivity contribution is -0.156. The summed E-state index contributed by atoms with van der Waals surface area (Å²) in [5.41, 5.74) is 2.16. The quantitative estimate of drug-likeness (QED) is 0.914. The number of nitrogens with zero attached hydrogens (tertiary/aromatic N) is 3. The predicted octanol–water partition coefficient (Wildman–Crippen LogP) is 1.16. The molecular weight excluding hydrogens is 270 g/mol. The number of aliphatic carboxylic acids is 1. The maximum absolute atomic E-state index is 11.0. The highest BCUT2D eigenvalue weighted by atomic mass is 16.5. The molecule has 1 fully saturated rings. The van der Waals surface area contributed by atoms with E-state index < -0.39 is 12.1 Å². The van der Waals surface area contributed by atoms with Crippen molar-refractivity contribution >= 4 is 5.97 Å². The van der Waals surface area contributed by atoms with Crippen molar-refractivity contribution < 1.29 is 14.6 Å². The highest BCUT2D eigenvalue weighted by molar-refractivity contribution is 5.72. The molecule has 1 aliphatic rings. The number of rotatable bonds is 4. The van der Waals surface area contributed by atoms with E-state index >= 15 is 0 Å². The minimum absolute atomic E-state index is 0.427. The van der Waals surface area contributed by atoms with Crippen molar-refractivity contribution in [3.05, 3.63) is 48.3 Å². The van der Waals surface area contributed by atoms with E-state index in [9.17, 15) is 4.79 Å². The molecular formula is C15H17N3O3. The van der Waals surface area contributed by atoms with E-state index in [-0.39, 0.29) is 0 Å². The van der Waals surface area contributed by atoms with E-state index in [0.717, 1.165) is 24.3 Å². The summed E-state index contributed by atoms with van der Waals surface area (Å²) < 4.78 is 7.03. The molecule has 0 spiro atoms. The highest BCUT2D eigenvalue weighted by Gasteiger charge is 2.25. The Hall–Kier alpha value is -2.18. The van der Waals surface area contributed by atoms with Crippen LogP contribution < -0.4 is 0 Å². The van der Waals surface area contributed by atoms with Gasteiger partial charge < -0.3 is 9.84 Å². The second kappa shape index (κ2) is 6.07. The van der Waals surface area contributed by atoms with Gasteiger partial charge >= 0.3 is 5.97 Å². The van der Waals surface area contributed by atoms with Crippen LogP contribution in [0.2, 0.25) is 0 Å². The van der Waals surface area contributed by atoms with Crippen LogP contribution in [0.15, 0.2) is 42.7 Å². The highest BCUT2D eigenvalue weighted by Crippen LogP contribution is 2.13. The van der Waals surface area contributed by atoms with Gasteiger partial charge in [-0.25, -0.2) is 9.48 Å². The van der Waals surface area contributed by atoms with Crippen molar-refractivity contribution in [3.8, 4) is 5.69 Å². The van der Waals surface area contributed by atoms with E-state index in [4.69, 9.17) is 9.84 Å². The van der Waals surface area contributed by atoms with E-state index in [0.29, 0.717) is 13.2 Å². The van der Waals surface area contributed by atoms with Crippen LogP contribution in [0.3, 0.4) is 0 Å². The number of carbonyl (C=O) groups is 1. The summed E-state index contributed by atoms with van der Waals surface area (Å²) in [6, 6.07) is 9.99. The molecule has 1 aliphatic heterocycles. The maximum atomic E-state index is 11.0. The second-order valence-electron chi connectivity index (χ2n) is 5.05. The van der Waals surface area contributed by atoms with E-state index in [1.165, 1.54) is 0 Å². The standard InChI is InChI=1S/C15H17N3O3/c19-15(20)14-11-17(8-9-21-14)10-12-2-4-13(5-3-12)18-7-1-6-16-18/h1-7,14H,8-11H2,(H,19,20). The van der Waals surface area contributed by atoms with Crippen LogP contribution in [0.1, 0.15) is 5.56 Å². The third-order valence-electron chi connectivity index (χ3n) is 3.54. The van der Waals surface area contributed by atoms with Gasteiger partial charge in [-0.1, -0.05) is 12.1 Å². The summed E-state index contributed by atoms with van der Waals surface area (Å²) in [6.07, 6.45) is 2.92. The van der Waals surface area contributed by atoms with Crippen molar-refractivity contribution in [3.63, 3.8) is 0 Å². The van der Waals surface area contributed by atoms with Crippen LogP contribution >= 0.6 is 0 Å². The summed E-state index contributed by atoms with van der Waals surface area (Å²) in [5.74, 6) is -0.895. The SMILES string of the molecule is O=C(O)C1CN(Cc2ccc(-n3cccn3)cc2)CCO1. The van der Waals surface area contributed by atoms with Crippen molar-refractivity contribution in [2.75, 3.05) is 19.7 Å². The summed E-state index contributed by atoms with van der Waals surface area (Å²) in [4.78, 5) is 13.1. The van der Waals surface area contributed by atoms with Gasteiger partial charge in [0.05, 0.1) is 12.3 Å². The molecule has 0 amide bonds. The number of morpholine rings is 1. The number of benzene rings is 1. The van der Waals surface area contributed by atoms with Crippen LogP contribution in [0.25, 0.3) is 5.69 Å². The molecule has 21 heavy (non-hydrogen) atoms. The van der Waals surface area contributed by atoms with Crippen molar-refractivity contribution in [2.24, 2.45) is 0 Å². The van der Waals surface area contributed by atoms with Crippen LogP contribution in [0.5, 0.6) is 0 Å². The number of carboxylic acid groups (broad SMARTS) is 1. The number of carboxylic acids is 1. The second-order valence-corrected chi connectivity index (χ2v) is 5.05. The Morgan fingerprint density at radius 3 is 2.86 bits per heavy atom. The molecule has 3 rings (SSSR count). The minimum atomic E-state index is -0.895. The zero-order chi connectivity index (χ0) is 14.7. The van der Waals surface area contributed by atoms with Gasteiger partial charge in [0.15, 0.2) is 6.10 Å². The van der Waals surface area contributed by atoms with E-state index in [1.54, 1.807) is 10.9 Å². The number of ether oxygens (including phenoxy) is 1. The van der Waals surface area contributed by atoms with Crippen LogP contribution in [-0.4, -0.2) is 51.6 Å². The number of aromatic nitrogens is 2. The Morgan fingerprint density at radius 1 is 1.38 bits per heavy atom. The molecule has 1 aromatic heterocycles. The first-order valence-electron chi connectivity index (χ1n) is 6.88. The fraction of sp³-hybridized carbons (Fsp3) is 0.333. The van der Waals surface area contributed by atoms with Crippen LogP contribution in [0, 0.1) is 0 Å². The number of hydrogen-bond donors (Lipinski definition) is 1. The molecule has 110 valence electrons. The first kappa shape index (κ1) is 13.8. The first-order chi connectivity index (χ1) is 10.2. The third-order valence-corrected chi connectivity index (χ3v) is 3.54. The average Bonchev–Trinajstić information content (AvgIpc) is 3.02. The van der Waals surface area contributed by atoms with Gasteiger partial charge in [-0.15, -0.1) is 0 Å². The molecule has 6 nitrogen and oxygen atoms in total. The van der Waals surface area contributed by atoms with Gasteiger partial charge in [0.2, 0.25) is 0 Å². The summed E-state index contributed by atoms with van der Waals surface area (Å²) in [6.45, 7) is 2.37. The average molecular weight is 287 g/mol. The molecule has 0 radical (unpaired) electrons. The Balaban J connectivity index is 1.64. The minimum Gasteiger partial charge on any atom is -0.479 e. The fourth-order valence-electron chi connectivity index (χ4n) is 2.43. The van der Waals surface area contributed by atoms with Gasteiger partial charge in [0.1, 0.15) is 0 Å². The van der Waals surface area contributed by atoms with Crippen molar-refractivity contribution in [2.45, 2.75) is 12.6 Å². The van der Waals surface area contributed by atoms with Crippen molar-refractivity contribution in [1.82, 2.24) is 14.7 Å². The van der Waals surface area contributed by atoms with E-state index in [2.05, 4.69) is 10.00 Å². The fourth-order valence-corrected chi connectivity index (χ4v) is 2.43. The molecule has 1 N–H and O–H groups in total. The Bertz CT molecular complexity index is 595. The maximum Gasteiger partial charge on any atom is 0.334 e. The molecule has 0 saturated carbocycles. The molecule has 1 saturated heterocycles. The molecule has 6 heteroatoms. The van der Waals surface area contributed by atoms with Gasteiger partial charge in [-0.2, -0.15) is 5.10 Å². The Kier molecular flexibility index (Phi) is 3.98. The third kappa shape index (κ3) is 3.29. The lowest BCUT2D eigenvalue weighted by Gasteiger charge is -2.30. The van der Waals surface area contributed by atoms with Gasteiger partial charge in [-0.05, 0) is 23.8 Å². The Morgan fingerprint density at radius 2 is 2.19 bits per heavy atom. The molecule has 1 atom stereocenters. The van der Waals surface area contributed by atoms with Crippen molar-refractivity contribution in [1.29, 1.82) is 0 Å². The topological polar surface area (TPSA) is 67.6 Å². The lowest BCUT2D eigenvalue weighted by atomic mass is 10.1. The lowest BCUT2D eigenvalue weighted by Crippen LogP contribution is -2.45. The summed E-state index contributed by atoms with van der Waals surface area (Å²) in [5, 5.41) is 13.2. The van der Waals surface area contributed by atoms with Gasteiger partial charge in [0.25, 0.3) is 0 Å². The molecule has 2 aromatic rings. The van der Waals surface area contributed by atoms with Crippen LogP contribution in [0.4, 0.5) is 0 Å². The zero-order valence-corrected chi connectivity index (χ0v) is 11.6. The smallest absolute Gasteiger partial charge is 0.334 e. The monoisotopic (exact) mass is 287 g/mol. The van der Waals surface area contributed by atoms with Gasteiger partial charge in [-0.3, -0.25) is 4.90 Å². The normalized spacial score (nSPS) is 19.5. The molecule has 0 aliphatic carbocycles. The Labute approximate surface area is 122 Å². The summed E-state index contributed by atoms with van der Waals surface area (Å²) >= 11 is 0. The molecule has 2 heterocycles. The first-order valence-corrected chi connectivity index (χ1v) is 6.88. The molecule has 0 bridgehead atoms. The molecule has 1 unspecified atom stereocenters. The predicted molar refractivity (Wildman–Crippen MR) is 76.2 cm³/mol. The van der Waals surface area contributed by atoms with Gasteiger partial charge in [0, 0.05) is 32.0 Å². The largest absolute Gasteiger partial charge is 0.479 e. The summed E-state index contributed by atoms with van der Waals surface area (Å²) in [7, 11) is 0.